The van der Waals surface area contributed by atoms with E-state index in [1.807, 2.05) is 0 Å². The van der Waals surface area contributed by atoms with E-state index in [0.717, 1.165) is 28.0 Å². The minimum Gasteiger partial charge on any atom is -0.477 e. The largest absolute Gasteiger partial charge is 0.477 e. The SMILES string of the molecule is C=CCON=C(C(=O)NC1C(=O)N2C(C(=O)O)=C(C(CCO)Sc3nn[nH]n3)CS[C@@H]12)c1csc(N)n1.Cl. The third kappa shape index (κ3) is 6.09. The summed E-state index contributed by atoms with van der Waals surface area (Å²) in [5.74, 6) is -2.39. The highest BCUT2D eigenvalue weighted by Crippen LogP contribution is 2.44. The molecule has 4 heterocycles. The topological polar surface area (TPSA) is 222 Å². The molecular formula is C19H22ClN9O6S3. The molecule has 0 bridgehead atoms. The number of nitrogen functional groups attached to an aromatic ring is 1. The van der Waals surface area contributed by atoms with Crippen LogP contribution >= 0.6 is 47.3 Å². The Balaban J connectivity index is 0.00000400. The Bertz CT molecular complexity index is 1250. The van der Waals surface area contributed by atoms with Gasteiger partial charge in [0.1, 0.15) is 29.4 Å². The number of tetrazole rings is 1. The number of halogens is 1. The third-order valence-electron chi connectivity index (χ3n) is 5.17. The number of carboxylic acid groups (broad SMARTS) is 1. The number of nitrogens with zero attached hydrogens (tertiary/aromatic N) is 6. The van der Waals surface area contributed by atoms with Crippen LogP contribution in [0.2, 0.25) is 0 Å². The van der Waals surface area contributed by atoms with Gasteiger partial charge in [-0.1, -0.05) is 29.6 Å². The van der Waals surface area contributed by atoms with Crippen molar-refractivity contribution < 1.29 is 29.4 Å². The van der Waals surface area contributed by atoms with Gasteiger partial charge in [0.05, 0.1) is 0 Å². The average molecular weight is 604 g/mol. The number of carboxylic acids is 1. The fraction of sp³-hybridized carbons (Fsp3) is 0.368. The van der Waals surface area contributed by atoms with E-state index in [9.17, 15) is 24.6 Å². The number of aliphatic hydroxyl groups excluding tert-OH is 1. The molecular weight excluding hydrogens is 582 g/mol. The molecule has 2 amide bonds. The number of fused-ring (bicyclic) bond motifs is 1. The van der Waals surface area contributed by atoms with Gasteiger partial charge < -0.3 is 26.1 Å². The van der Waals surface area contributed by atoms with Crippen LogP contribution in [0.1, 0.15) is 12.1 Å². The molecule has 2 aliphatic heterocycles. The number of anilines is 1. The van der Waals surface area contributed by atoms with E-state index in [1.165, 1.54) is 23.2 Å². The molecule has 2 unspecified atom stereocenters. The number of thiazole rings is 1. The lowest BCUT2D eigenvalue weighted by Gasteiger charge is -2.50. The highest BCUT2D eigenvalue weighted by molar-refractivity contribution is 8.01. The minimum atomic E-state index is -1.30. The highest BCUT2D eigenvalue weighted by Gasteiger charge is 2.55. The van der Waals surface area contributed by atoms with Gasteiger partial charge in [0.15, 0.2) is 10.8 Å². The third-order valence-corrected chi connectivity index (χ3v) is 8.33. The van der Waals surface area contributed by atoms with Crippen molar-refractivity contribution in [2.24, 2.45) is 5.16 Å². The Kier molecular flexibility index (Phi) is 10.1. The summed E-state index contributed by atoms with van der Waals surface area (Å²) >= 11 is 3.52. The molecule has 6 N–H and O–H groups in total. The van der Waals surface area contributed by atoms with Gasteiger partial charge in [0.2, 0.25) is 5.16 Å². The van der Waals surface area contributed by atoms with Gasteiger partial charge in [-0.05, 0) is 17.2 Å². The number of hydrogen-bond acceptors (Lipinski definition) is 14. The lowest BCUT2D eigenvalue weighted by molar-refractivity contribution is -0.150. The minimum absolute atomic E-state index is 0. The quantitative estimate of drug-likeness (QED) is 0.0532. The zero-order valence-corrected chi connectivity index (χ0v) is 22.6. The van der Waals surface area contributed by atoms with Crippen LogP contribution in [0.4, 0.5) is 5.13 Å². The number of aliphatic carboxylic acids is 1. The molecule has 38 heavy (non-hydrogen) atoms. The summed E-state index contributed by atoms with van der Waals surface area (Å²) in [7, 11) is 0. The summed E-state index contributed by atoms with van der Waals surface area (Å²) in [6.45, 7) is 3.34. The Morgan fingerprint density at radius 3 is 2.89 bits per heavy atom. The van der Waals surface area contributed by atoms with E-state index in [4.69, 9.17) is 10.6 Å². The monoisotopic (exact) mass is 603 g/mol. The smallest absolute Gasteiger partial charge is 0.352 e. The Labute approximate surface area is 233 Å². The number of H-pyrrole nitrogens is 1. The van der Waals surface area contributed by atoms with Crippen molar-refractivity contribution >= 4 is 75.9 Å². The summed E-state index contributed by atoms with van der Waals surface area (Å²) in [6.07, 6.45) is 1.65. The number of rotatable bonds is 12. The molecule has 1 fully saturated rings. The maximum Gasteiger partial charge on any atom is 0.352 e. The number of aromatic nitrogens is 5. The van der Waals surface area contributed by atoms with Crippen LogP contribution in [0.25, 0.3) is 0 Å². The van der Waals surface area contributed by atoms with Crippen molar-refractivity contribution in [1.29, 1.82) is 0 Å². The van der Waals surface area contributed by atoms with E-state index in [2.05, 4.69) is 42.7 Å². The van der Waals surface area contributed by atoms with E-state index < -0.39 is 34.4 Å². The van der Waals surface area contributed by atoms with Crippen molar-refractivity contribution in [3.05, 3.63) is 35.0 Å². The summed E-state index contributed by atoms with van der Waals surface area (Å²) in [4.78, 5) is 48.6. The van der Waals surface area contributed by atoms with Gasteiger partial charge in [0, 0.05) is 23.0 Å². The van der Waals surface area contributed by atoms with E-state index in [-0.39, 0.29) is 65.2 Å². The molecule has 2 aromatic heterocycles. The first-order valence-electron chi connectivity index (χ1n) is 10.6. The van der Waals surface area contributed by atoms with Crippen molar-refractivity contribution in [3.63, 3.8) is 0 Å². The second kappa shape index (κ2) is 13.1. The van der Waals surface area contributed by atoms with Gasteiger partial charge in [-0.15, -0.1) is 45.7 Å². The molecule has 0 aliphatic carbocycles. The van der Waals surface area contributed by atoms with Crippen molar-refractivity contribution in [3.8, 4) is 0 Å². The van der Waals surface area contributed by atoms with Crippen LogP contribution in [0, 0.1) is 0 Å². The number of nitrogens with two attached hydrogens (primary N) is 1. The molecule has 15 nitrogen and oxygen atoms in total. The number of aromatic amines is 1. The first-order chi connectivity index (χ1) is 17.8. The lowest BCUT2D eigenvalue weighted by atomic mass is 10.00. The fourth-order valence-electron chi connectivity index (χ4n) is 3.61. The Morgan fingerprint density at radius 2 is 2.29 bits per heavy atom. The van der Waals surface area contributed by atoms with Crippen LogP contribution in [-0.2, 0) is 19.2 Å². The number of oxime groups is 1. The highest BCUT2D eigenvalue weighted by atomic mass is 35.5. The molecule has 204 valence electrons. The number of thioether (sulfide) groups is 2. The zero-order valence-electron chi connectivity index (χ0n) is 19.3. The summed E-state index contributed by atoms with van der Waals surface area (Å²) in [6, 6.07) is -1.00. The van der Waals surface area contributed by atoms with E-state index in [1.54, 1.807) is 0 Å². The van der Waals surface area contributed by atoms with Gasteiger partial charge >= 0.3 is 5.97 Å². The van der Waals surface area contributed by atoms with E-state index in [0.29, 0.717) is 5.57 Å². The standard InChI is InChI=1S/C19H21N9O6S3.ClH/c1-2-5-34-25-11(9-7-36-18(20)21-9)14(30)22-12-15(31)28-13(17(32)33)8(6-35-16(12)28)10(3-4-29)37-19-23-26-27-24-19;/h2,7,10,12,16,29H,1,3-6H2,(H2,20,21)(H,22,30)(H,32,33)(H,23,24,26,27);1H/t10?,12?,16-;/m0./s1. The molecule has 0 aromatic carbocycles. The number of β-lactam (4-membered cyclic amide) rings is 1. The maximum absolute atomic E-state index is 13.1. The zero-order chi connectivity index (χ0) is 26.5. The van der Waals surface area contributed by atoms with Crippen molar-refractivity contribution in [1.82, 2.24) is 35.8 Å². The van der Waals surface area contributed by atoms with Gasteiger partial charge in [0.25, 0.3) is 11.8 Å². The molecule has 2 aromatic rings. The molecule has 19 heteroatoms. The number of carbonyl (C=O) groups is 3. The second-order valence-corrected chi connectivity index (χ2v) is 10.6. The van der Waals surface area contributed by atoms with Crippen LogP contribution < -0.4 is 11.1 Å². The Morgan fingerprint density at radius 1 is 1.50 bits per heavy atom. The first kappa shape index (κ1) is 29.4. The fourth-order valence-corrected chi connectivity index (χ4v) is 6.68. The molecule has 4 rings (SSSR count). The van der Waals surface area contributed by atoms with Gasteiger partial charge in [-0.3, -0.25) is 14.5 Å². The number of carbonyl (C=O) groups excluding carboxylic acids is 2. The molecule has 0 radical (unpaired) electrons. The average Bonchev–Trinajstić information content (AvgIpc) is 3.55. The van der Waals surface area contributed by atoms with Crippen LogP contribution in [0.5, 0.6) is 0 Å². The predicted octanol–water partition coefficient (Wildman–Crippen LogP) is -0.151. The molecule has 2 aliphatic rings. The van der Waals surface area contributed by atoms with Crippen LogP contribution in [0.3, 0.4) is 0 Å². The first-order valence-corrected chi connectivity index (χ1v) is 13.4. The normalized spacial score (nSPS) is 19.7. The van der Waals surface area contributed by atoms with Crippen LogP contribution in [0.15, 0.2) is 39.6 Å². The summed E-state index contributed by atoms with van der Waals surface area (Å²) in [5.41, 5.74) is 5.91. The second-order valence-electron chi connectivity index (χ2n) is 7.45. The van der Waals surface area contributed by atoms with Crippen molar-refractivity contribution in [2.75, 3.05) is 24.7 Å². The maximum atomic E-state index is 13.1. The number of amides is 2. The molecule has 0 saturated carbocycles. The summed E-state index contributed by atoms with van der Waals surface area (Å²) in [5, 5.41) is 40.3. The van der Waals surface area contributed by atoms with Crippen LogP contribution in [-0.4, -0.2) is 99.8 Å². The molecule has 1 saturated heterocycles. The Hall–Kier alpha value is -3.19. The molecule has 0 spiro atoms. The van der Waals surface area contributed by atoms with E-state index >= 15 is 0 Å². The number of aliphatic hydroxyl groups is 1. The lowest BCUT2D eigenvalue weighted by Crippen LogP contribution is -2.71. The number of nitrogens with one attached hydrogen (secondary N) is 2. The predicted molar refractivity (Wildman–Crippen MR) is 142 cm³/mol. The van der Waals surface area contributed by atoms with Crippen molar-refractivity contribution in [2.45, 2.75) is 28.2 Å². The van der Waals surface area contributed by atoms with Gasteiger partial charge in [-0.2, -0.15) is 5.21 Å². The van der Waals surface area contributed by atoms with Gasteiger partial charge in [-0.25, -0.2) is 9.78 Å². The number of hydrogen-bond donors (Lipinski definition) is 5. The summed E-state index contributed by atoms with van der Waals surface area (Å²) < 4.78 is 0. The molecule has 3 atom stereocenters.